The molecule has 4 atom stereocenters. The fraction of sp³-hybridized carbons (Fsp3) is 0.241. The van der Waals surface area contributed by atoms with Gasteiger partial charge in [-0.3, -0.25) is 0 Å². The van der Waals surface area contributed by atoms with Crippen LogP contribution in [0.15, 0.2) is 91.0 Å². The Labute approximate surface area is 215 Å². The Morgan fingerprint density at radius 1 is 0.811 bits per heavy atom. The highest BCUT2D eigenvalue weighted by Crippen LogP contribution is 2.30. The number of para-hydroxylation sites is 1. The summed E-state index contributed by atoms with van der Waals surface area (Å²) < 4.78 is 34.6. The predicted octanol–water partition coefficient (Wildman–Crippen LogP) is 3.87. The summed E-state index contributed by atoms with van der Waals surface area (Å²) in [5.41, 5.74) is 0.725. The Bertz CT molecular complexity index is 1180. The molecule has 0 amide bonds. The molecule has 0 spiro atoms. The van der Waals surface area contributed by atoms with E-state index < -0.39 is 36.5 Å². The van der Waals surface area contributed by atoms with Crippen LogP contribution in [0.25, 0.3) is 0 Å². The standard InChI is InChI=1S/C29H26O8/c1-2-18-32-20-34-26-25(37-28(31)22-14-8-4-9-15-22)24(19-33-27(30)21-12-6-3-7-13-21)36-29(26)35-23-16-10-5-11-17-23/h1,3-17,24-26,29H,18-20H2/t24-,25+,26-,29+/m1/s1. The number of hydrogen-bond donors (Lipinski definition) is 0. The van der Waals surface area contributed by atoms with Gasteiger partial charge >= 0.3 is 11.9 Å². The average molecular weight is 503 g/mol. The minimum absolute atomic E-state index is 0.0321. The number of esters is 2. The minimum atomic E-state index is -0.995. The number of benzene rings is 3. The van der Waals surface area contributed by atoms with E-state index in [2.05, 4.69) is 5.92 Å². The summed E-state index contributed by atoms with van der Waals surface area (Å²) in [4.78, 5) is 25.5. The molecular formula is C29H26O8. The lowest BCUT2D eigenvalue weighted by Crippen LogP contribution is -2.42. The van der Waals surface area contributed by atoms with Crippen LogP contribution in [0.2, 0.25) is 0 Å². The number of carbonyl (C=O) groups excluding carboxylic acids is 2. The molecule has 1 fully saturated rings. The second-order valence-corrected chi connectivity index (χ2v) is 7.98. The molecule has 3 aromatic rings. The van der Waals surface area contributed by atoms with Crippen LogP contribution in [0.5, 0.6) is 5.75 Å². The highest BCUT2D eigenvalue weighted by molar-refractivity contribution is 5.90. The Balaban J connectivity index is 1.55. The first-order valence-corrected chi connectivity index (χ1v) is 11.6. The summed E-state index contributed by atoms with van der Waals surface area (Å²) >= 11 is 0. The molecule has 0 bridgehead atoms. The number of terminal acetylenes is 1. The second-order valence-electron chi connectivity index (χ2n) is 7.98. The van der Waals surface area contributed by atoms with Gasteiger partial charge in [-0.15, -0.1) is 6.42 Å². The van der Waals surface area contributed by atoms with Crippen LogP contribution in [0.3, 0.4) is 0 Å². The molecule has 37 heavy (non-hydrogen) atoms. The fourth-order valence-corrected chi connectivity index (χ4v) is 3.68. The molecule has 1 saturated heterocycles. The molecule has 8 heteroatoms. The topological polar surface area (TPSA) is 89.5 Å². The average Bonchev–Trinajstić information content (AvgIpc) is 3.26. The van der Waals surface area contributed by atoms with Gasteiger partial charge in [0.05, 0.1) is 11.1 Å². The van der Waals surface area contributed by atoms with Crippen molar-refractivity contribution in [3.05, 3.63) is 102 Å². The maximum atomic E-state index is 13.0. The molecule has 8 nitrogen and oxygen atoms in total. The molecule has 0 unspecified atom stereocenters. The molecule has 1 heterocycles. The smallest absolute Gasteiger partial charge is 0.338 e. The van der Waals surface area contributed by atoms with Crippen LogP contribution in [-0.4, -0.2) is 56.5 Å². The molecule has 190 valence electrons. The Kier molecular flexibility index (Phi) is 9.27. The van der Waals surface area contributed by atoms with E-state index in [1.807, 2.05) is 18.2 Å². The second kappa shape index (κ2) is 13.2. The first-order valence-electron chi connectivity index (χ1n) is 11.6. The highest BCUT2D eigenvalue weighted by atomic mass is 16.8. The number of carbonyl (C=O) groups is 2. The summed E-state index contributed by atoms with van der Waals surface area (Å²) in [6.07, 6.45) is 1.47. The Morgan fingerprint density at radius 3 is 2.03 bits per heavy atom. The van der Waals surface area contributed by atoms with Gasteiger partial charge < -0.3 is 28.4 Å². The first kappa shape index (κ1) is 25.9. The van der Waals surface area contributed by atoms with E-state index in [-0.39, 0.29) is 20.0 Å². The monoisotopic (exact) mass is 502 g/mol. The lowest BCUT2D eigenvalue weighted by Gasteiger charge is -2.24. The van der Waals surface area contributed by atoms with Gasteiger partial charge in [-0.25, -0.2) is 9.59 Å². The molecule has 1 aliphatic heterocycles. The molecule has 4 rings (SSSR count). The van der Waals surface area contributed by atoms with Crippen molar-refractivity contribution in [2.24, 2.45) is 0 Å². The van der Waals surface area contributed by atoms with E-state index in [1.165, 1.54) is 0 Å². The first-order chi connectivity index (χ1) is 18.2. The molecular weight excluding hydrogens is 476 g/mol. The van der Waals surface area contributed by atoms with Crippen molar-refractivity contribution < 1.29 is 38.0 Å². The summed E-state index contributed by atoms with van der Waals surface area (Å²) in [5.74, 6) is 1.74. The van der Waals surface area contributed by atoms with E-state index in [9.17, 15) is 9.59 Å². The molecule has 0 radical (unpaired) electrons. The summed E-state index contributed by atoms with van der Waals surface area (Å²) in [7, 11) is 0. The van der Waals surface area contributed by atoms with Gasteiger partial charge in [-0.2, -0.15) is 0 Å². The van der Waals surface area contributed by atoms with Gasteiger partial charge in [-0.1, -0.05) is 60.5 Å². The number of hydrogen-bond acceptors (Lipinski definition) is 8. The van der Waals surface area contributed by atoms with Crippen LogP contribution in [-0.2, 0) is 23.7 Å². The van der Waals surface area contributed by atoms with Gasteiger partial charge in [0.25, 0.3) is 0 Å². The van der Waals surface area contributed by atoms with Crippen LogP contribution in [0.1, 0.15) is 20.7 Å². The zero-order chi connectivity index (χ0) is 25.9. The van der Waals surface area contributed by atoms with Crippen LogP contribution in [0.4, 0.5) is 0 Å². The third kappa shape index (κ3) is 7.18. The van der Waals surface area contributed by atoms with Crippen molar-refractivity contribution in [1.82, 2.24) is 0 Å². The van der Waals surface area contributed by atoms with Gasteiger partial charge in [0.2, 0.25) is 6.29 Å². The lowest BCUT2D eigenvalue weighted by atomic mass is 10.1. The van der Waals surface area contributed by atoms with Crippen molar-refractivity contribution in [3.63, 3.8) is 0 Å². The largest absolute Gasteiger partial charge is 0.462 e. The van der Waals surface area contributed by atoms with Crippen molar-refractivity contribution in [3.8, 4) is 18.1 Å². The molecule has 0 aliphatic carbocycles. The van der Waals surface area contributed by atoms with Crippen LogP contribution in [0, 0.1) is 12.3 Å². The SMILES string of the molecule is C#CCOCO[C@H]1[C@@H](Oc2ccccc2)O[C@H](COC(=O)c2ccccc2)[C@@H]1OC(=O)c1ccccc1. The molecule has 0 aromatic heterocycles. The third-order valence-electron chi connectivity index (χ3n) is 5.43. The molecule has 0 N–H and O–H groups in total. The Morgan fingerprint density at radius 2 is 1.41 bits per heavy atom. The zero-order valence-electron chi connectivity index (χ0n) is 19.9. The maximum Gasteiger partial charge on any atom is 0.338 e. The van der Waals surface area contributed by atoms with Crippen molar-refractivity contribution in [2.45, 2.75) is 24.6 Å². The van der Waals surface area contributed by atoms with Gasteiger partial charge in [-0.05, 0) is 36.4 Å². The van der Waals surface area contributed by atoms with Crippen molar-refractivity contribution in [2.75, 3.05) is 20.0 Å². The number of rotatable bonds is 11. The van der Waals surface area contributed by atoms with E-state index >= 15 is 0 Å². The van der Waals surface area contributed by atoms with Gasteiger partial charge in [0.1, 0.15) is 31.9 Å². The summed E-state index contributed by atoms with van der Waals surface area (Å²) in [5, 5.41) is 0. The Hall–Kier alpha value is -4.16. The normalized spacial score (nSPS) is 20.5. The molecule has 0 saturated carbocycles. The van der Waals surface area contributed by atoms with Crippen LogP contribution < -0.4 is 4.74 Å². The van der Waals surface area contributed by atoms with Crippen LogP contribution >= 0.6 is 0 Å². The van der Waals surface area contributed by atoms with E-state index in [4.69, 9.17) is 34.8 Å². The van der Waals surface area contributed by atoms with Crippen molar-refractivity contribution in [1.29, 1.82) is 0 Å². The minimum Gasteiger partial charge on any atom is -0.462 e. The van der Waals surface area contributed by atoms with E-state index in [1.54, 1.807) is 72.8 Å². The maximum absolute atomic E-state index is 13.0. The molecule has 1 aliphatic rings. The third-order valence-corrected chi connectivity index (χ3v) is 5.43. The summed E-state index contributed by atoms with van der Waals surface area (Å²) in [6.45, 7) is -0.368. The van der Waals surface area contributed by atoms with Crippen molar-refractivity contribution >= 4 is 11.9 Å². The quantitative estimate of drug-likeness (QED) is 0.169. The lowest BCUT2D eigenvalue weighted by molar-refractivity contribution is -0.165. The number of ether oxygens (including phenoxy) is 6. The highest BCUT2D eigenvalue weighted by Gasteiger charge is 2.50. The van der Waals surface area contributed by atoms with Gasteiger partial charge in [0, 0.05) is 0 Å². The van der Waals surface area contributed by atoms with Gasteiger partial charge in [0.15, 0.2) is 12.2 Å². The predicted molar refractivity (Wildman–Crippen MR) is 133 cm³/mol. The summed E-state index contributed by atoms with van der Waals surface area (Å²) in [6, 6.07) is 26.0. The van der Waals surface area contributed by atoms with E-state index in [0.717, 1.165) is 0 Å². The molecule has 3 aromatic carbocycles. The fourth-order valence-electron chi connectivity index (χ4n) is 3.68. The van der Waals surface area contributed by atoms with E-state index in [0.29, 0.717) is 16.9 Å². The zero-order valence-corrected chi connectivity index (χ0v) is 19.9.